The van der Waals surface area contributed by atoms with Crippen molar-refractivity contribution in [3.63, 3.8) is 0 Å². The van der Waals surface area contributed by atoms with Crippen LogP contribution in [0.3, 0.4) is 0 Å². The van der Waals surface area contributed by atoms with Gasteiger partial charge in [0.05, 0.1) is 17.5 Å². The van der Waals surface area contributed by atoms with Gasteiger partial charge in [0.2, 0.25) is 0 Å². The molecule has 4 aromatic rings. The number of anilines is 1. The van der Waals surface area contributed by atoms with Gasteiger partial charge in [0.15, 0.2) is 11.6 Å². The number of nitrogens with zero attached hydrogens (tertiary/aromatic N) is 5. The number of pyridine rings is 1. The summed E-state index contributed by atoms with van der Waals surface area (Å²) in [5, 5.41) is 11.0. The molecule has 0 unspecified atom stereocenters. The first kappa shape index (κ1) is 19.4. The smallest absolute Gasteiger partial charge is 0.259 e. The number of carbonyl (C=O) groups is 1. The number of benzene rings is 1. The summed E-state index contributed by atoms with van der Waals surface area (Å²) in [7, 11) is 0. The number of nitrogens with one attached hydrogen (secondary N) is 1. The average Bonchev–Trinajstić information content (AvgIpc) is 3.37. The lowest BCUT2D eigenvalue weighted by molar-refractivity contribution is 0.102. The predicted octanol–water partition coefficient (Wildman–Crippen LogP) is 4.14. The standard InChI is InChI=1S/C21H19FN6O2/c1-12(2)19-26-21(30-27-19)14-8-9-23-18(10-14)28-13(3)17(11-24-28)20(29)25-16-6-4-15(22)5-7-16/h4-12H,1-3H3,(H,25,29). The Labute approximate surface area is 171 Å². The second-order valence-corrected chi connectivity index (χ2v) is 7.03. The number of hydrogen-bond donors (Lipinski definition) is 1. The summed E-state index contributed by atoms with van der Waals surface area (Å²) in [5.41, 5.74) is 2.18. The molecule has 0 aliphatic heterocycles. The molecule has 0 atom stereocenters. The summed E-state index contributed by atoms with van der Waals surface area (Å²) in [5.74, 6) is 0.957. The van der Waals surface area contributed by atoms with Crippen molar-refractivity contribution in [2.24, 2.45) is 0 Å². The first-order valence-electron chi connectivity index (χ1n) is 9.34. The highest BCUT2D eigenvalue weighted by atomic mass is 19.1. The molecule has 1 N–H and O–H groups in total. The number of hydrogen-bond acceptors (Lipinski definition) is 6. The number of carbonyl (C=O) groups excluding carboxylic acids is 1. The molecule has 1 aromatic carbocycles. The normalized spacial score (nSPS) is 11.1. The number of halogens is 1. The highest BCUT2D eigenvalue weighted by molar-refractivity contribution is 6.04. The van der Waals surface area contributed by atoms with Gasteiger partial charge in [-0.1, -0.05) is 19.0 Å². The molecular weight excluding hydrogens is 387 g/mol. The summed E-state index contributed by atoms with van der Waals surface area (Å²) in [6.45, 7) is 5.74. The van der Waals surface area contributed by atoms with Crippen LogP contribution in [0.2, 0.25) is 0 Å². The van der Waals surface area contributed by atoms with Crippen molar-refractivity contribution in [2.45, 2.75) is 26.7 Å². The van der Waals surface area contributed by atoms with E-state index in [9.17, 15) is 9.18 Å². The van der Waals surface area contributed by atoms with Crippen LogP contribution in [0.5, 0.6) is 0 Å². The Morgan fingerprint density at radius 2 is 1.97 bits per heavy atom. The van der Waals surface area contributed by atoms with Crippen LogP contribution in [-0.2, 0) is 0 Å². The molecule has 0 radical (unpaired) electrons. The van der Waals surface area contributed by atoms with Crippen molar-refractivity contribution >= 4 is 11.6 Å². The molecule has 1 amide bonds. The molecule has 0 saturated heterocycles. The fraction of sp³-hybridized carbons (Fsp3) is 0.190. The first-order valence-corrected chi connectivity index (χ1v) is 9.34. The van der Waals surface area contributed by atoms with Gasteiger partial charge < -0.3 is 9.84 Å². The molecule has 4 rings (SSSR count). The van der Waals surface area contributed by atoms with E-state index in [2.05, 4.69) is 25.5 Å². The Balaban J connectivity index is 1.60. The highest BCUT2D eigenvalue weighted by Crippen LogP contribution is 2.22. The van der Waals surface area contributed by atoms with E-state index >= 15 is 0 Å². The van der Waals surface area contributed by atoms with Crippen LogP contribution in [-0.4, -0.2) is 30.8 Å². The van der Waals surface area contributed by atoms with Crippen molar-refractivity contribution in [2.75, 3.05) is 5.32 Å². The molecule has 3 aromatic heterocycles. The Morgan fingerprint density at radius 3 is 2.67 bits per heavy atom. The molecule has 3 heterocycles. The summed E-state index contributed by atoms with van der Waals surface area (Å²) < 4.78 is 20.0. The lowest BCUT2D eigenvalue weighted by Gasteiger charge is -2.07. The average molecular weight is 406 g/mol. The molecule has 0 spiro atoms. The maximum Gasteiger partial charge on any atom is 0.259 e. The third-order valence-electron chi connectivity index (χ3n) is 4.52. The molecular formula is C21H19FN6O2. The van der Waals surface area contributed by atoms with Crippen LogP contribution in [0.1, 0.15) is 41.6 Å². The SMILES string of the molecule is Cc1c(C(=O)Nc2ccc(F)cc2)cnn1-c1cc(-c2nc(C(C)C)no2)ccn1. The fourth-order valence-electron chi connectivity index (χ4n) is 2.85. The van der Waals surface area contributed by atoms with E-state index in [0.717, 1.165) is 0 Å². The molecule has 152 valence electrons. The van der Waals surface area contributed by atoms with Crippen LogP contribution in [0.4, 0.5) is 10.1 Å². The fourth-order valence-corrected chi connectivity index (χ4v) is 2.85. The maximum absolute atomic E-state index is 13.1. The summed E-state index contributed by atoms with van der Waals surface area (Å²) in [6, 6.07) is 9.08. The van der Waals surface area contributed by atoms with E-state index in [4.69, 9.17) is 4.52 Å². The van der Waals surface area contributed by atoms with Crippen molar-refractivity contribution in [3.05, 3.63) is 71.7 Å². The van der Waals surface area contributed by atoms with Crippen LogP contribution in [0.25, 0.3) is 17.3 Å². The second kappa shape index (κ2) is 7.86. The van der Waals surface area contributed by atoms with Crippen molar-refractivity contribution in [1.29, 1.82) is 0 Å². The maximum atomic E-state index is 13.1. The molecule has 0 saturated carbocycles. The van der Waals surface area contributed by atoms with Crippen LogP contribution >= 0.6 is 0 Å². The van der Waals surface area contributed by atoms with Crippen LogP contribution in [0.15, 0.2) is 53.3 Å². The summed E-state index contributed by atoms with van der Waals surface area (Å²) in [4.78, 5) is 21.3. The van der Waals surface area contributed by atoms with E-state index in [1.54, 1.807) is 29.9 Å². The third kappa shape index (κ3) is 3.82. The lowest BCUT2D eigenvalue weighted by Crippen LogP contribution is -2.13. The minimum atomic E-state index is -0.371. The summed E-state index contributed by atoms with van der Waals surface area (Å²) >= 11 is 0. The first-order chi connectivity index (χ1) is 14.4. The van der Waals surface area contributed by atoms with Gasteiger partial charge in [-0.2, -0.15) is 10.1 Å². The highest BCUT2D eigenvalue weighted by Gasteiger charge is 2.18. The van der Waals surface area contributed by atoms with E-state index < -0.39 is 0 Å². The van der Waals surface area contributed by atoms with Crippen molar-refractivity contribution in [1.82, 2.24) is 24.9 Å². The van der Waals surface area contributed by atoms with E-state index in [-0.39, 0.29) is 17.6 Å². The van der Waals surface area contributed by atoms with Gasteiger partial charge in [0.1, 0.15) is 5.82 Å². The van der Waals surface area contributed by atoms with E-state index in [1.165, 1.54) is 30.5 Å². The lowest BCUT2D eigenvalue weighted by atomic mass is 10.2. The number of amides is 1. The van der Waals surface area contributed by atoms with Gasteiger partial charge in [0.25, 0.3) is 11.8 Å². The zero-order chi connectivity index (χ0) is 21.3. The number of rotatable bonds is 5. The molecule has 0 aliphatic rings. The van der Waals surface area contributed by atoms with Gasteiger partial charge in [-0.15, -0.1) is 0 Å². The Hall–Kier alpha value is -3.88. The molecule has 0 fully saturated rings. The zero-order valence-electron chi connectivity index (χ0n) is 16.6. The molecule has 8 nitrogen and oxygen atoms in total. The van der Waals surface area contributed by atoms with Gasteiger partial charge >= 0.3 is 0 Å². The number of aromatic nitrogens is 5. The molecule has 0 aliphatic carbocycles. The van der Waals surface area contributed by atoms with E-state index in [1.807, 2.05) is 13.8 Å². The van der Waals surface area contributed by atoms with Crippen LogP contribution < -0.4 is 5.32 Å². The van der Waals surface area contributed by atoms with Gasteiger partial charge in [-0.05, 0) is 43.3 Å². The Morgan fingerprint density at radius 1 is 1.20 bits per heavy atom. The predicted molar refractivity (Wildman–Crippen MR) is 108 cm³/mol. The quantitative estimate of drug-likeness (QED) is 0.535. The second-order valence-electron chi connectivity index (χ2n) is 7.03. The van der Waals surface area contributed by atoms with Gasteiger partial charge in [-0.3, -0.25) is 4.79 Å². The summed E-state index contributed by atoms with van der Waals surface area (Å²) in [6.07, 6.45) is 3.08. The van der Waals surface area contributed by atoms with E-state index in [0.29, 0.717) is 40.0 Å². The topological polar surface area (TPSA) is 98.7 Å². The van der Waals surface area contributed by atoms with Crippen LogP contribution in [0, 0.1) is 12.7 Å². The molecule has 9 heteroatoms. The monoisotopic (exact) mass is 406 g/mol. The largest absolute Gasteiger partial charge is 0.334 e. The molecule has 0 bridgehead atoms. The zero-order valence-corrected chi connectivity index (χ0v) is 16.6. The minimum absolute atomic E-state index is 0.152. The Bertz CT molecular complexity index is 1200. The van der Waals surface area contributed by atoms with Gasteiger partial charge in [-0.25, -0.2) is 14.1 Å². The van der Waals surface area contributed by atoms with Gasteiger partial charge in [0, 0.05) is 23.4 Å². The Kier molecular flexibility index (Phi) is 5.09. The molecule has 30 heavy (non-hydrogen) atoms. The van der Waals surface area contributed by atoms with Crippen molar-refractivity contribution < 1.29 is 13.7 Å². The third-order valence-corrected chi connectivity index (χ3v) is 4.52. The minimum Gasteiger partial charge on any atom is -0.334 e. The van der Waals surface area contributed by atoms with Crippen molar-refractivity contribution in [3.8, 4) is 17.3 Å².